The van der Waals surface area contributed by atoms with E-state index in [-0.39, 0.29) is 0 Å². The normalized spacial score (nSPS) is 46.9. The van der Waals surface area contributed by atoms with E-state index in [1.165, 1.54) is 12.8 Å². The molecular weight excluding hydrogens is 168 g/mol. The molecule has 0 aliphatic carbocycles. The Morgan fingerprint density at radius 2 is 1.77 bits per heavy atom. The number of amides is 1. The summed E-state index contributed by atoms with van der Waals surface area (Å²) in [4.78, 5) is 12.4. The Kier molecular flexibility index (Phi) is 1.39. The number of fused-ring (bicyclic) bond motifs is 5. The van der Waals surface area contributed by atoms with Crippen LogP contribution in [-0.2, 0) is 0 Å². The quantitative estimate of drug-likeness (QED) is 0.568. The maximum atomic E-state index is 10.8. The number of nitrogens with one attached hydrogen (secondary N) is 1. The van der Waals surface area contributed by atoms with Crippen molar-refractivity contribution >= 4 is 6.09 Å². The van der Waals surface area contributed by atoms with Crippen LogP contribution in [0.15, 0.2) is 0 Å². The molecule has 4 heteroatoms. The van der Waals surface area contributed by atoms with Crippen molar-refractivity contribution < 1.29 is 9.90 Å². The Morgan fingerprint density at radius 1 is 1.23 bits per heavy atom. The van der Waals surface area contributed by atoms with Crippen LogP contribution >= 0.6 is 0 Å². The standard InChI is InChI=1S/C9H14N2O2/c12-9(13)11-3-5-6(4-11)8-2-1-7(5)10-8/h5-8,10H,1-4H2,(H,12,13)/t5-,6+,7-,8+. The predicted octanol–water partition coefficient (Wildman–Crippen LogP) is 0.347. The summed E-state index contributed by atoms with van der Waals surface area (Å²) in [6, 6.07) is 1.22. The second-order valence-corrected chi connectivity index (χ2v) is 4.47. The van der Waals surface area contributed by atoms with Crippen LogP contribution in [0.2, 0.25) is 0 Å². The second-order valence-electron chi connectivity index (χ2n) is 4.47. The van der Waals surface area contributed by atoms with Gasteiger partial charge in [-0.05, 0) is 24.7 Å². The number of nitrogens with zero attached hydrogens (tertiary/aromatic N) is 1. The van der Waals surface area contributed by atoms with Gasteiger partial charge in [0.2, 0.25) is 0 Å². The van der Waals surface area contributed by atoms with Gasteiger partial charge in [0.15, 0.2) is 0 Å². The smallest absolute Gasteiger partial charge is 0.407 e. The van der Waals surface area contributed by atoms with Crippen LogP contribution in [-0.4, -0.2) is 41.3 Å². The van der Waals surface area contributed by atoms with Crippen LogP contribution in [0, 0.1) is 11.8 Å². The first-order valence-corrected chi connectivity index (χ1v) is 4.99. The molecule has 3 rings (SSSR count). The average molecular weight is 182 g/mol. The van der Waals surface area contributed by atoms with Gasteiger partial charge in [0.05, 0.1) is 0 Å². The lowest BCUT2D eigenvalue weighted by molar-refractivity contribution is 0.151. The summed E-state index contributed by atoms with van der Waals surface area (Å²) >= 11 is 0. The van der Waals surface area contributed by atoms with Crippen molar-refractivity contribution in [3.8, 4) is 0 Å². The van der Waals surface area contributed by atoms with Crippen molar-refractivity contribution in [2.24, 2.45) is 11.8 Å². The number of likely N-dealkylation sites (tertiary alicyclic amines) is 1. The zero-order chi connectivity index (χ0) is 9.00. The van der Waals surface area contributed by atoms with E-state index in [4.69, 9.17) is 5.11 Å². The van der Waals surface area contributed by atoms with Gasteiger partial charge in [-0.25, -0.2) is 4.79 Å². The van der Waals surface area contributed by atoms with E-state index in [0.29, 0.717) is 23.9 Å². The Labute approximate surface area is 76.9 Å². The molecule has 3 saturated heterocycles. The van der Waals surface area contributed by atoms with Crippen LogP contribution in [0.1, 0.15) is 12.8 Å². The Morgan fingerprint density at radius 3 is 2.23 bits per heavy atom. The van der Waals surface area contributed by atoms with Gasteiger partial charge in [-0.1, -0.05) is 0 Å². The Balaban J connectivity index is 1.79. The number of carboxylic acid groups (broad SMARTS) is 1. The molecule has 3 heterocycles. The molecule has 0 aromatic carbocycles. The minimum Gasteiger partial charge on any atom is -0.465 e. The molecule has 13 heavy (non-hydrogen) atoms. The molecule has 72 valence electrons. The summed E-state index contributed by atoms with van der Waals surface area (Å²) in [6.07, 6.45) is 1.76. The van der Waals surface area contributed by atoms with Gasteiger partial charge in [-0.3, -0.25) is 0 Å². The van der Waals surface area contributed by atoms with Gasteiger partial charge in [0, 0.05) is 25.2 Å². The lowest BCUT2D eigenvalue weighted by Gasteiger charge is -2.19. The molecule has 4 atom stereocenters. The fourth-order valence-electron chi connectivity index (χ4n) is 3.34. The van der Waals surface area contributed by atoms with Gasteiger partial charge in [0.1, 0.15) is 0 Å². The minimum absolute atomic E-state index is 0.606. The molecule has 0 aromatic heterocycles. The van der Waals surface area contributed by atoms with Crippen molar-refractivity contribution in [1.82, 2.24) is 10.2 Å². The van der Waals surface area contributed by atoms with E-state index in [2.05, 4.69) is 5.32 Å². The molecular formula is C9H14N2O2. The third kappa shape index (κ3) is 0.921. The highest BCUT2D eigenvalue weighted by Gasteiger charge is 2.52. The molecule has 0 unspecified atom stereocenters. The highest BCUT2D eigenvalue weighted by molar-refractivity contribution is 5.65. The van der Waals surface area contributed by atoms with Crippen molar-refractivity contribution in [3.63, 3.8) is 0 Å². The average Bonchev–Trinajstić information content (AvgIpc) is 2.76. The van der Waals surface area contributed by atoms with E-state index in [9.17, 15) is 4.79 Å². The third-order valence-electron chi connectivity index (χ3n) is 3.93. The first-order chi connectivity index (χ1) is 6.25. The molecule has 3 fully saturated rings. The fourth-order valence-corrected chi connectivity index (χ4v) is 3.34. The van der Waals surface area contributed by atoms with Crippen molar-refractivity contribution in [3.05, 3.63) is 0 Å². The summed E-state index contributed by atoms with van der Waals surface area (Å²) < 4.78 is 0. The van der Waals surface area contributed by atoms with E-state index in [1.807, 2.05) is 0 Å². The SMILES string of the molecule is O=C(O)N1C[C@@H]2[C@H](C1)[C@@H]1CC[C@H]2N1. The molecule has 0 spiro atoms. The summed E-state index contributed by atoms with van der Waals surface area (Å²) in [6.45, 7) is 1.52. The van der Waals surface area contributed by atoms with Crippen LogP contribution in [0.3, 0.4) is 0 Å². The number of hydrogen-bond donors (Lipinski definition) is 2. The van der Waals surface area contributed by atoms with Crippen molar-refractivity contribution in [2.75, 3.05) is 13.1 Å². The minimum atomic E-state index is -0.742. The van der Waals surface area contributed by atoms with E-state index in [0.717, 1.165) is 13.1 Å². The maximum Gasteiger partial charge on any atom is 0.407 e. The summed E-state index contributed by atoms with van der Waals surface area (Å²) in [5, 5.41) is 12.4. The Hall–Kier alpha value is -0.770. The molecule has 2 N–H and O–H groups in total. The van der Waals surface area contributed by atoms with E-state index >= 15 is 0 Å². The molecule has 0 saturated carbocycles. The van der Waals surface area contributed by atoms with Crippen LogP contribution in [0.4, 0.5) is 4.79 Å². The van der Waals surface area contributed by atoms with Gasteiger partial charge < -0.3 is 15.3 Å². The second kappa shape index (κ2) is 2.38. The van der Waals surface area contributed by atoms with Crippen molar-refractivity contribution in [1.29, 1.82) is 0 Å². The highest BCUT2D eigenvalue weighted by atomic mass is 16.4. The first kappa shape index (κ1) is 7.62. The highest BCUT2D eigenvalue weighted by Crippen LogP contribution is 2.42. The molecule has 0 radical (unpaired) electrons. The zero-order valence-corrected chi connectivity index (χ0v) is 7.44. The number of rotatable bonds is 0. The van der Waals surface area contributed by atoms with Gasteiger partial charge in [-0.15, -0.1) is 0 Å². The molecule has 1 amide bonds. The zero-order valence-electron chi connectivity index (χ0n) is 7.44. The van der Waals surface area contributed by atoms with Gasteiger partial charge >= 0.3 is 6.09 Å². The lowest BCUT2D eigenvalue weighted by Crippen LogP contribution is -2.33. The van der Waals surface area contributed by atoms with Crippen LogP contribution < -0.4 is 5.32 Å². The molecule has 3 aliphatic heterocycles. The molecule has 0 aromatic rings. The monoisotopic (exact) mass is 182 g/mol. The largest absolute Gasteiger partial charge is 0.465 e. The Bertz CT molecular complexity index is 238. The maximum absolute atomic E-state index is 10.8. The molecule has 2 bridgehead atoms. The summed E-state index contributed by atoms with van der Waals surface area (Å²) in [7, 11) is 0. The summed E-state index contributed by atoms with van der Waals surface area (Å²) in [5.74, 6) is 1.21. The fraction of sp³-hybridized carbons (Fsp3) is 0.889. The van der Waals surface area contributed by atoms with Crippen molar-refractivity contribution in [2.45, 2.75) is 24.9 Å². The third-order valence-corrected chi connectivity index (χ3v) is 3.93. The molecule has 4 nitrogen and oxygen atoms in total. The van der Waals surface area contributed by atoms with E-state index in [1.54, 1.807) is 4.90 Å². The van der Waals surface area contributed by atoms with Gasteiger partial charge in [-0.2, -0.15) is 0 Å². The summed E-state index contributed by atoms with van der Waals surface area (Å²) in [5.41, 5.74) is 0. The number of hydrogen-bond acceptors (Lipinski definition) is 2. The van der Waals surface area contributed by atoms with E-state index < -0.39 is 6.09 Å². The first-order valence-electron chi connectivity index (χ1n) is 4.99. The lowest BCUT2D eigenvalue weighted by atomic mass is 9.82. The van der Waals surface area contributed by atoms with Crippen LogP contribution in [0.5, 0.6) is 0 Å². The molecule has 3 aliphatic rings. The van der Waals surface area contributed by atoms with Gasteiger partial charge in [0.25, 0.3) is 0 Å². The predicted molar refractivity (Wildman–Crippen MR) is 46.5 cm³/mol. The number of carbonyl (C=O) groups is 1. The van der Waals surface area contributed by atoms with Crippen LogP contribution in [0.25, 0.3) is 0 Å². The topological polar surface area (TPSA) is 52.6 Å².